The highest BCUT2D eigenvalue weighted by Crippen LogP contribution is 2.35. The number of ether oxygens (including phenoxy) is 2. The number of benzene rings is 2. The lowest BCUT2D eigenvalue weighted by atomic mass is 9.94. The van der Waals surface area contributed by atoms with Crippen molar-refractivity contribution in [2.75, 3.05) is 38.2 Å². The molecule has 0 spiro atoms. The Morgan fingerprint density at radius 3 is 2.78 bits per heavy atom. The molecule has 0 amide bonds. The quantitative estimate of drug-likeness (QED) is 0.206. The molecule has 2 aromatic carbocycles. The highest BCUT2D eigenvalue weighted by atomic mass is 79.9. The maximum Gasteiger partial charge on any atom is 0.320 e. The minimum absolute atomic E-state index is 0.126. The smallest absolute Gasteiger partial charge is 0.320 e. The second-order valence-corrected chi connectivity index (χ2v) is 9.53. The SMILES string of the molecule is CCOC(=O)CN1CCC(CCOc2cc3ncnc(Nc4cccc(Br)c4)c3cc2[N+](=O)[O-])CC1. The van der Waals surface area contributed by atoms with E-state index in [1.807, 2.05) is 24.3 Å². The van der Waals surface area contributed by atoms with Crippen LogP contribution in [0.15, 0.2) is 47.2 Å². The van der Waals surface area contributed by atoms with E-state index in [-0.39, 0.29) is 17.4 Å². The monoisotopic (exact) mass is 557 g/mol. The highest BCUT2D eigenvalue weighted by molar-refractivity contribution is 9.10. The van der Waals surface area contributed by atoms with E-state index in [0.29, 0.717) is 42.4 Å². The number of aromatic nitrogens is 2. The topological polar surface area (TPSA) is 120 Å². The van der Waals surface area contributed by atoms with Crippen LogP contribution in [0.25, 0.3) is 10.9 Å². The Morgan fingerprint density at radius 2 is 2.06 bits per heavy atom. The lowest BCUT2D eigenvalue weighted by Gasteiger charge is -2.31. The first-order valence-corrected chi connectivity index (χ1v) is 12.7. The zero-order chi connectivity index (χ0) is 25.5. The van der Waals surface area contributed by atoms with Crippen molar-refractivity contribution in [1.29, 1.82) is 0 Å². The van der Waals surface area contributed by atoms with Crippen molar-refractivity contribution in [2.24, 2.45) is 5.92 Å². The summed E-state index contributed by atoms with van der Waals surface area (Å²) in [6.45, 7) is 4.53. The Hall–Kier alpha value is -3.31. The van der Waals surface area contributed by atoms with Crippen molar-refractivity contribution >= 4 is 50.0 Å². The second-order valence-electron chi connectivity index (χ2n) is 8.61. The first-order chi connectivity index (χ1) is 17.4. The molecule has 0 atom stereocenters. The molecule has 1 aliphatic rings. The Bertz CT molecular complexity index is 1230. The van der Waals surface area contributed by atoms with Crippen LogP contribution >= 0.6 is 15.9 Å². The molecule has 1 fully saturated rings. The number of nitrogens with one attached hydrogen (secondary N) is 1. The van der Waals surface area contributed by atoms with Crippen LogP contribution in [0, 0.1) is 16.0 Å². The molecule has 0 saturated carbocycles. The van der Waals surface area contributed by atoms with Gasteiger partial charge in [-0.1, -0.05) is 22.0 Å². The van der Waals surface area contributed by atoms with Gasteiger partial charge in [0.1, 0.15) is 12.1 Å². The molecule has 190 valence electrons. The minimum Gasteiger partial charge on any atom is -0.487 e. The Labute approximate surface area is 217 Å². The van der Waals surface area contributed by atoms with Gasteiger partial charge in [-0.2, -0.15) is 0 Å². The van der Waals surface area contributed by atoms with Gasteiger partial charge in [-0.05, 0) is 63.4 Å². The molecule has 1 aliphatic heterocycles. The molecule has 1 saturated heterocycles. The van der Waals surface area contributed by atoms with E-state index >= 15 is 0 Å². The van der Waals surface area contributed by atoms with E-state index in [2.05, 4.69) is 36.1 Å². The summed E-state index contributed by atoms with van der Waals surface area (Å²) in [7, 11) is 0. The number of nitro benzene ring substituents is 1. The van der Waals surface area contributed by atoms with Crippen molar-refractivity contribution < 1.29 is 19.2 Å². The molecule has 0 radical (unpaired) electrons. The third-order valence-electron chi connectivity index (χ3n) is 6.15. The van der Waals surface area contributed by atoms with Gasteiger partial charge in [-0.15, -0.1) is 0 Å². The highest BCUT2D eigenvalue weighted by Gasteiger charge is 2.23. The Morgan fingerprint density at radius 1 is 1.25 bits per heavy atom. The van der Waals surface area contributed by atoms with Crippen LogP contribution in [0.5, 0.6) is 5.75 Å². The van der Waals surface area contributed by atoms with E-state index in [1.54, 1.807) is 13.0 Å². The van der Waals surface area contributed by atoms with Crippen molar-refractivity contribution in [1.82, 2.24) is 14.9 Å². The summed E-state index contributed by atoms with van der Waals surface area (Å²) in [5.41, 5.74) is 1.22. The Balaban J connectivity index is 1.40. The molecule has 1 aromatic heterocycles. The predicted molar refractivity (Wildman–Crippen MR) is 140 cm³/mol. The molecule has 3 aromatic rings. The average Bonchev–Trinajstić information content (AvgIpc) is 2.85. The first-order valence-electron chi connectivity index (χ1n) is 11.9. The van der Waals surface area contributed by atoms with Crippen LogP contribution in [0.3, 0.4) is 0 Å². The molecule has 1 N–H and O–H groups in total. The number of fused-ring (bicyclic) bond motifs is 1. The summed E-state index contributed by atoms with van der Waals surface area (Å²) in [5, 5.41) is 15.6. The number of hydrogen-bond donors (Lipinski definition) is 1. The molecule has 4 rings (SSSR count). The lowest BCUT2D eigenvalue weighted by molar-refractivity contribution is -0.385. The largest absolute Gasteiger partial charge is 0.487 e. The Kier molecular flexibility index (Phi) is 8.65. The third-order valence-corrected chi connectivity index (χ3v) is 6.64. The van der Waals surface area contributed by atoms with Crippen molar-refractivity contribution in [2.45, 2.75) is 26.2 Å². The molecular weight excluding hydrogens is 530 g/mol. The fourth-order valence-electron chi connectivity index (χ4n) is 4.29. The van der Waals surface area contributed by atoms with Gasteiger partial charge in [0.2, 0.25) is 0 Å². The van der Waals surface area contributed by atoms with Gasteiger partial charge in [0.25, 0.3) is 0 Å². The summed E-state index contributed by atoms with van der Waals surface area (Å²) < 4.78 is 11.8. The van der Waals surface area contributed by atoms with E-state index in [9.17, 15) is 14.9 Å². The van der Waals surface area contributed by atoms with E-state index < -0.39 is 4.92 Å². The fourth-order valence-corrected chi connectivity index (χ4v) is 4.69. The van der Waals surface area contributed by atoms with Crippen LogP contribution in [-0.2, 0) is 9.53 Å². The molecule has 0 unspecified atom stereocenters. The van der Waals surface area contributed by atoms with Gasteiger partial charge in [-0.3, -0.25) is 19.8 Å². The van der Waals surface area contributed by atoms with Gasteiger partial charge < -0.3 is 14.8 Å². The summed E-state index contributed by atoms with van der Waals surface area (Å²) in [5.74, 6) is 0.912. The number of nitro groups is 1. The number of anilines is 2. The van der Waals surface area contributed by atoms with Crippen molar-refractivity contribution in [3.63, 3.8) is 0 Å². The molecule has 11 heteroatoms. The normalized spacial score (nSPS) is 14.5. The maximum absolute atomic E-state index is 11.8. The predicted octanol–water partition coefficient (Wildman–Crippen LogP) is 5.09. The number of carbonyl (C=O) groups excluding carboxylic acids is 1. The molecule has 2 heterocycles. The van der Waals surface area contributed by atoms with Crippen LogP contribution in [0.4, 0.5) is 17.2 Å². The number of esters is 1. The summed E-state index contributed by atoms with van der Waals surface area (Å²) in [6.07, 6.45) is 4.09. The molecule has 0 bridgehead atoms. The maximum atomic E-state index is 11.8. The zero-order valence-corrected chi connectivity index (χ0v) is 21.6. The van der Waals surface area contributed by atoms with Crippen molar-refractivity contribution in [3.05, 3.63) is 57.3 Å². The summed E-state index contributed by atoms with van der Waals surface area (Å²) in [6, 6.07) is 10.6. The van der Waals surface area contributed by atoms with Gasteiger partial charge in [-0.25, -0.2) is 9.97 Å². The number of halogens is 1. The van der Waals surface area contributed by atoms with Crippen molar-refractivity contribution in [3.8, 4) is 5.75 Å². The van der Waals surface area contributed by atoms with E-state index in [1.165, 1.54) is 12.4 Å². The van der Waals surface area contributed by atoms with E-state index in [0.717, 1.165) is 42.5 Å². The number of hydrogen-bond acceptors (Lipinski definition) is 9. The second kappa shape index (κ2) is 12.1. The van der Waals surface area contributed by atoms with Gasteiger partial charge in [0.05, 0.1) is 35.6 Å². The summed E-state index contributed by atoms with van der Waals surface area (Å²) in [4.78, 5) is 33.7. The van der Waals surface area contributed by atoms with Crippen LogP contribution in [0.1, 0.15) is 26.2 Å². The standard InChI is InChI=1S/C25H28BrN5O5/c1-2-35-24(32)15-30-9-6-17(7-10-30)8-11-36-23-14-21-20(13-22(23)31(33)34)25(28-16-27-21)29-19-5-3-4-18(26)12-19/h3-5,12-14,16-17H,2,6-11,15H2,1H3,(H,27,28,29). The third kappa shape index (κ3) is 6.67. The number of nitrogens with zero attached hydrogens (tertiary/aromatic N) is 4. The zero-order valence-electron chi connectivity index (χ0n) is 20.0. The number of rotatable bonds is 10. The van der Waals surface area contributed by atoms with Crippen LogP contribution in [-0.4, -0.2) is 58.6 Å². The number of likely N-dealkylation sites (tertiary alicyclic amines) is 1. The summed E-state index contributed by atoms with van der Waals surface area (Å²) >= 11 is 3.44. The molecule has 0 aliphatic carbocycles. The van der Waals surface area contributed by atoms with E-state index in [4.69, 9.17) is 9.47 Å². The number of carbonyl (C=O) groups is 1. The molecular formula is C25H28BrN5O5. The minimum atomic E-state index is -0.446. The first kappa shape index (κ1) is 25.8. The van der Waals surface area contributed by atoms with Gasteiger partial charge >= 0.3 is 11.7 Å². The van der Waals surface area contributed by atoms with Crippen LogP contribution in [0.2, 0.25) is 0 Å². The van der Waals surface area contributed by atoms with Gasteiger partial charge in [0.15, 0.2) is 5.75 Å². The molecule has 10 nitrogen and oxygen atoms in total. The van der Waals surface area contributed by atoms with Gasteiger partial charge in [0, 0.05) is 22.3 Å². The molecule has 36 heavy (non-hydrogen) atoms. The van der Waals surface area contributed by atoms with Crippen LogP contribution < -0.4 is 10.1 Å². The average molecular weight is 558 g/mol. The lowest BCUT2D eigenvalue weighted by Crippen LogP contribution is -2.38. The fraction of sp³-hybridized carbons (Fsp3) is 0.400. The number of piperidine rings is 1.